The van der Waals surface area contributed by atoms with Crippen LogP contribution in [0.2, 0.25) is 0 Å². The summed E-state index contributed by atoms with van der Waals surface area (Å²) in [6.07, 6.45) is 2.77. The van der Waals surface area contributed by atoms with Crippen LogP contribution >= 0.6 is 0 Å². The Morgan fingerprint density at radius 3 is 2.69 bits per heavy atom. The smallest absolute Gasteiger partial charge is 0.268 e. The lowest BCUT2D eigenvalue weighted by molar-refractivity contribution is -0.132. The van der Waals surface area contributed by atoms with Gasteiger partial charge in [0.25, 0.3) is 5.91 Å². The zero-order valence-electron chi connectivity index (χ0n) is 16.3. The summed E-state index contributed by atoms with van der Waals surface area (Å²) in [7, 11) is 1.78. The molecule has 144 valence electrons. The molecule has 0 fully saturated rings. The number of hydrogen-bond acceptors (Lipinski definition) is 4. The van der Waals surface area contributed by atoms with Gasteiger partial charge in [-0.05, 0) is 37.0 Å². The van der Waals surface area contributed by atoms with E-state index in [9.17, 15) is 9.59 Å². The van der Waals surface area contributed by atoms with Gasteiger partial charge in [0.05, 0.1) is 5.69 Å². The van der Waals surface area contributed by atoms with E-state index in [1.807, 2.05) is 32.0 Å². The van der Waals surface area contributed by atoms with Crippen molar-refractivity contribution in [3.8, 4) is 5.75 Å². The first-order valence-corrected chi connectivity index (χ1v) is 9.54. The van der Waals surface area contributed by atoms with E-state index in [1.165, 1.54) is 0 Å². The van der Waals surface area contributed by atoms with Crippen LogP contribution in [-0.4, -0.2) is 43.0 Å². The Kier molecular flexibility index (Phi) is 7.03. The number of amides is 2. The Bertz CT molecular complexity index is 647. The molecule has 2 N–H and O–H groups in total. The Labute approximate surface area is 156 Å². The molecule has 0 radical (unpaired) electrons. The molecular weight excluding hydrogens is 330 g/mol. The summed E-state index contributed by atoms with van der Waals surface area (Å²) < 4.78 is 5.84. The van der Waals surface area contributed by atoms with Crippen molar-refractivity contribution in [3.63, 3.8) is 0 Å². The summed E-state index contributed by atoms with van der Waals surface area (Å²) >= 11 is 0. The van der Waals surface area contributed by atoms with Crippen molar-refractivity contribution < 1.29 is 14.3 Å². The second-order valence-corrected chi connectivity index (χ2v) is 6.85. The summed E-state index contributed by atoms with van der Waals surface area (Å²) in [5, 5.41) is 0. The third-order valence-electron chi connectivity index (χ3n) is 4.89. The van der Waals surface area contributed by atoms with E-state index in [0.717, 1.165) is 24.8 Å². The van der Waals surface area contributed by atoms with E-state index in [4.69, 9.17) is 10.5 Å². The first-order valence-electron chi connectivity index (χ1n) is 9.54. The van der Waals surface area contributed by atoms with Crippen LogP contribution in [0.1, 0.15) is 58.1 Å². The van der Waals surface area contributed by atoms with Crippen LogP contribution in [0.25, 0.3) is 0 Å². The van der Waals surface area contributed by atoms with Gasteiger partial charge in [-0.3, -0.25) is 14.5 Å². The van der Waals surface area contributed by atoms with E-state index >= 15 is 0 Å². The van der Waals surface area contributed by atoms with Crippen LogP contribution in [0.5, 0.6) is 5.75 Å². The second kappa shape index (κ2) is 9.03. The van der Waals surface area contributed by atoms with Gasteiger partial charge in [0.15, 0.2) is 6.10 Å². The van der Waals surface area contributed by atoms with Gasteiger partial charge in [-0.15, -0.1) is 0 Å². The average molecular weight is 361 g/mol. The van der Waals surface area contributed by atoms with Crippen molar-refractivity contribution in [1.29, 1.82) is 0 Å². The number of nitrogens with zero attached hydrogens (tertiary/aromatic N) is 2. The lowest BCUT2D eigenvalue weighted by Crippen LogP contribution is -2.50. The molecule has 6 nitrogen and oxygen atoms in total. The molecule has 2 atom stereocenters. The van der Waals surface area contributed by atoms with E-state index in [1.54, 1.807) is 16.8 Å². The van der Waals surface area contributed by atoms with E-state index < -0.39 is 6.10 Å². The van der Waals surface area contributed by atoms with E-state index in [0.29, 0.717) is 24.4 Å². The minimum Gasteiger partial charge on any atom is -0.478 e. The van der Waals surface area contributed by atoms with E-state index in [-0.39, 0.29) is 24.4 Å². The Hall–Kier alpha value is -2.08. The predicted octanol–water partition coefficient (Wildman–Crippen LogP) is 2.86. The molecular formula is C20H31N3O3. The number of rotatable bonds is 8. The van der Waals surface area contributed by atoms with Gasteiger partial charge < -0.3 is 15.4 Å². The number of carbonyl (C=O) groups is 2. The monoisotopic (exact) mass is 361 g/mol. The molecule has 0 aliphatic carbocycles. The Morgan fingerprint density at radius 1 is 1.35 bits per heavy atom. The molecule has 26 heavy (non-hydrogen) atoms. The zero-order chi connectivity index (χ0) is 19.3. The van der Waals surface area contributed by atoms with Crippen LogP contribution < -0.4 is 15.4 Å². The van der Waals surface area contributed by atoms with Crippen LogP contribution in [0, 0.1) is 0 Å². The number of nitrogens with two attached hydrogens (primary N) is 1. The maximum atomic E-state index is 12.8. The van der Waals surface area contributed by atoms with Crippen LogP contribution in [0.15, 0.2) is 18.2 Å². The quantitative estimate of drug-likeness (QED) is 0.772. The predicted molar refractivity (Wildman–Crippen MR) is 103 cm³/mol. The molecule has 6 heteroatoms. The third-order valence-corrected chi connectivity index (χ3v) is 4.89. The fraction of sp³-hybridized carbons (Fsp3) is 0.600. The molecule has 2 unspecified atom stereocenters. The number of hydrogen-bond donors (Lipinski definition) is 1. The highest BCUT2D eigenvalue weighted by Gasteiger charge is 2.35. The Balaban J connectivity index is 2.31. The first kappa shape index (κ1) is 20.2. The average Bonchev–Trinajstić information content (AvgIpc) is 2.66. The minimum absolute atomic E-state index is 0.0245. The number of fused-ring (bicyclic) bond motifs is 1. The molecule has 1 heterocycles. The lowest BCUT2D eigenvalue weighted by atomic mass is 10.0. The van der Waals surface area contributed by atoms with E-state index in [2.05, 4.69) is 6.92 Å². The van der Waals surface area contributed by atoms with Crippen LogP contribution in [0.4, 0.5) is 5.69 Å². The molecule has 0 saturated carbocycles. The number of unbranched alkanes of at least 4 members (excludes halogenated alkanes) is 1. The molecule has 1 aliphatic rings. The highest BCUT2D eigenvalue weighted by atomic mass is 16.5. The summed E-state index contributed by atoms with van der Waals surface area (Å²) in [4.78, 5) is 28.7. The molecule has 2 amide bonds. The largest absolute Gasteiger partial charge is 0.478 e. The highest BCUT2D eigenvalue weighted by Crippen LogP contribution is 2.37. The first-order chi connectivity index (χ1) is 12.4. The summed E-state index contributed by atoms with van der Waals surface area (Å²) in [6, 6.07) is 5.56. The van der Waals surface area contributed by atoms with Gasteiger partial charge in [0.1, 0.15) is 12.3 Å². The zero-order valence-corrected chi connectivity index (χ0v) is 16.3. The Morgan fingerprint density at radius 2 is 2.08 bits per heavy atom. The second-order valence-electron chi connectivity index (χ2n) is 6.85. The highest BCUT2D eigenvalue weighted by molar-refractivity contribution is 6.03. The van der Waals surface area contributed by atoms with Crippen LogP contribution in [0.3, 0.4) is 0 Å². The molecule has 1 aromatic carbocycles. The van der Waals surface area contributed by atoms with Crippen molar-refractivity contribution >= 4 is 17.5 Å². The standard InChI is InChI=1S/C20H31N3O3/c1-5-8-11-22(4)19(24)13-23-16-12-14(15(21)6-2)9-10-18(16)26-17(7-3)20(23)25/h9-10,12,15,17H,5-8,11,13,21H2,1-4H3. The minimum atomic E-state index is -0.554. The van der Waals surface area contributed by atoms with Gasteiger partial charge in [-0.1, -0.05) is 33.3 Å². The molecule has 0 aromatic heterocycles. The number of benzene rings is 1. The summed E-state index contributed by atoms with van der Waals surface area (Å²) in [5.74, 6) is 0.395. The lowest BCUT2D eigenvalue weighted by Gasteiger charge is -2.35. The van der Waals surface area contributed by atoms with Crippen molar-refractivity contribution in [2.45, 2.75) is 58.6 Å². The maximum absolute atomic E-state index is 12.8. The number of ether oxygens (including phenoxy) is 1. The molecule has 2 rings (SSSR count). The van der Waals surface area contributed by atoms with Crippen molar-refractivity contribution in [1.82, 2.24) is 4.90 Å². The fourth-order valence-electron chi connectivity index (χ4n) is 3.00. The van der Waals surface area contributed by atoms with Gasteiger partial charge >= 0.3 is 0 Å². The fourth-order valence-corrected chi connectivity index (χ4v) is 3.00. The molecule has 0 saturated heterocycles. The van der Waals surface area contributed by atoms with Crippen molar-refractivity contribution in [3.05, 3.63) is 23.8 Å². The van der Waals surface area contributed by atoms with Crippen molar-refractivity contribution in [2.75, 3.05) is 25.0 Å². The maximum Gasteiger partial charge on any atom is 0.268 e. The molecule has 1 aromatic rings. The van der Waals surface area contributed by atoms with Crippen molar-refractivity contribution in [2.24, 2.45) is 5.73 Å². The third kappa shape index (κ3) is 4.36. The number of anilines is 1. The normalized spacial score (nSPS) is 17.5. The summed E-state index contributed by atoms with van der Waals surface area (Å²) in [6.45, 7) is 6.73. The number of carbonyl (C=O) groups excluding carboxylic acids is 2. The molecule has 0 spiro atoms. The van der Waals surface area contributed by atoms with Crippen LogP contribution in [-0.2, 0) is 9.59 Å². The SMILES string of the molecule is CCCCN(C)C(=O)CN1C(=O)C(CC)Oc2ccc(C(N)CC)cc21. The number of likely N-dealkylation sites (N-methyl/N-ethyl adjacent to an activating group) is 1. The topological polar surface area (TPSA) is 75.9 Å². The van der Waals surface area contributed by atoms with Gasteiger partial charge in [-0.25, -0.2) is 0 Å². The molecule has 1 aliphatic heterocycles. The summed E-state index contributed by atoms with van der Waals surface area (Å²) in [5.41, 5.74) is 7.72. The van der Waals surface area contributed by atoms with Gasteiger partial charge in [-0.2, -0.15) is 0 Å². The molecule has 0 bridgehead atoms. The van der Waals surface area contributed by atoms with Gasteiger partial charge in [0, 0.05) is 19.6 Å². The van der Waals surface area contributed by atoms with Gasteiger partial charge in [0.2, 0.25) is 5.91 Å².